The van der Waals surface area contributed by atoms with Gasteiger partial charge >= 0.3 is 0 Å². The van der Waals surface area contributed by atoms with Crippen molar-refractivity contribution in [3.05, 3.63) is 46.5 Å². The van der Waals surface area contributed by atoms with E-state index in [1.807, 2.05) is 24.3 Å². The molecular weight excluding hydrogens is 255 g/mol. The fourth-order valence-corrected chi connectivity index (χ4v) is 2.60. The van der Waals surface area contributed by atoms with E-state index in [4.69, 9.17) is 23.2 Å². The number of halogens is 2. The zero-order valence-corrected chi connectivity index (χ0v) is 11.1. The van der Waals surface area contributed by atoms with E-state index in [0.717, 1.165) is 31.7 Å². The van der Waals surface area contributed by atoms with E-state index >= 15 is 0 Å². The van der Waals surface area contributed by atoms with Gasteiger partial charge in [-0.25, -0.2) is 0 Å². The molecule has 1 aliphatic rings. The highest BCUT2D eigenvalue weighted by Gasteiger charge is 2.21. The average molecular weight is 271 g/mol. The van der Waals surface area contributed by atoms with Gasteiger partial charge in [-0.05, 0) is 11.6 Å². The summed E-state index contributed by atoms with van der Waals surface area (Å²) in [5, 5.41) is 4.58. The van der Waals surface area contributed by atoms with Crippen LogP contribution in [0.3, 0.4) is 0 Å². The van der Waals surface area contributed by atoms with Crippen molar-refractivity contribution < 1.29 is 0 Å². The SMILES string of the molecule is C=C[C@@H](c1cccc(Cl)c1Cl)N1CCNCC1. The second-order valence-electron chi connectivity index (χ2n) is 4.11. The number of hydrogen-bond acceptors (Lipinski definition) is 2. The van der Waals surface area contributed by atoms with Crippen LogP contribution in [0.25, 0.3) is 0 Å². The van der Waals surface area contributed by atoms with Crippen LogP contribution in [0, 0.1) is 0 Å². The molecule has 1 saturated heterocycles. The molecule has 2 nitrogen and oxygen atoms in total. The van der Waals surface area contributed by atoms with Crippen LogP contribution in [-0.4, -0.2) is 31.1 Å². The molecule has 0 spiro atoms. The third-order valence-corrected chi connectivity index (χ3v) is 3.90. The Morgan fingerprint density at radius 2 is 2.00 bits per heavy atom. The molecule has 1 N–H and O–H groups in total. The van der Waals surface area contributed by atoms with Crippen LogP contribution < -0.4 is 5.32 Å². The standard InChI is InChI=1S/C13H16Cl2N2/c1-2-12(17-8-6-16-7-9-17)10-4-3-5-11(14)13(10)15/h2-5,12,16H,1,6-9H2/t12-/m0/s1. The Hall–Kier alpha value is -0.540. The summed E-state index contributed by atoms with van der Waals surface area (Å²) in [5.41, 5.74) is 1.04. The summed E-state index contributed by atoms with van der Waals surface area (Å²) in [6, 6.07) is 5.90. The first-order chi connectivity index (χ1) is 8.24. The molecule has 0 radical (unpaired) electrons. The summed E-state index contributed by atoms with van der Waals surface area (Å²) in [6.07, 6.45) is 1.93. The summed E-state index contributed by atoms with van der Waals surface area (Å²) >= 11 is 12.3. The number of rotatable bonds is 3. The second-order valence-corrected chi connectivity index (χ2v) is 4.89. The van der Waals surface area contributed by atoms with Crippen molar-refractivity contribution in [2.24, 2.45) is 0 Å². The maximum absolute atomic E-state index is 6.26. The van der Waals surface area contributed by atoms with Crippen LogP contribution >= 0.6 is 23.2 Å². The van der Waals surface area contributed by atoms with Crippen molar-refractivity contribution in [3.63, 3.8) is 0 Å². The Morgan fingerprint density at radius 1 is 1.29 bits per heavy atom. The van der Waals surface area contributed by atoms with Gasteiger partial charge in [0, 0.05) is 26.2 Å². The molecule has 0 unspecified atom stereocenters. The highest BCUT2D eigenvalue weighted by molar-refractivity contribution is 6.42. The van der Waals surface area contributed by atoms with E-state index in [2.05, 4.69) is 16.8 Å². The zero-order valence-electron chi connectivity index (χ0n) is 9.63. The molecule has 1 aliphatic heterocycles. The highest BCUT2D eigenvalue weighted by Crippen LogP contribution is 2.33. The molecule has 17 heavy (non-hydrogen) atoms. The van der Waals surface area contributed by atoms with Gasteiger partial charge in [-0.3, -0.25) is 4.90 Å². The van der Waals surface area contributed by atoms with Gasteiger partial charge in [-0.1, -0.05) is 41.4 Å². The van der Waals surface area contributed by atoms with Crippen LogP contribution in [0.5, 0.6) is 0 Å². The number of nitrogens with one attached hydrogen (secondary N) is 1. The molecule has 0 aliphatic carbocycles. The fourth-order valence-electron chi connectivity index (χ4n) is 2.18. The summed E-state index contributed by atoms with van der Waals surface area (Å²) in [4.78, 5) is 2.36. The Bertz CT molecular complexity index is 400. The van der Waals surface area contributed by atoms with Gasteiger partial charge in [0.1, 0.15) is 0 Å². The molecule has 92 valence electrons. The van der Waals surface area contributed by atoms with E-state index in [-0.39, 0.29) is 6.04 Å². The molecule has 1 fully saturated rings. The average Bonchev–Trinajstić information content (AvgIpc) is 2.37. The third kappa shape index (κ3) is 2.83. The molecule has 0 amide bonds. The van der Waals surface area contributed by atoms with Gasteiger partial charge in [0.05, 0.1) is 16.1 Å². The van der Waals surface area contributed by atoms with Crippen molar-refractivity contribution in [2.45, 2.75) is 6.04 Å². The molecule has 1 aromatic carbocycles. The van der Waals surface area contributed by atoms with Crippen LogP contribution in [0.4, 0.5) is 0 Å². The molecule has 0 aromatic heterocycles. The molecule has 0 saturated carbocycles. The zero-order chi connectivity index (χ0) is 12.3. The van der Waals surface area contributed by atoms with Gasteiger partial charge in [-0.15, -0.1) is 6.58 Å². The van der Waals surface area contributed by atoms with Gasteiger partial charge < -0.3 is 5.32 Å². The van der Waals surface area contributed by atoms with Gasteiger partial charge in [-0.2, -0.15) is 0 Å². The van der Waals surface area contributed by atoms with Crippen LogP contribution in [0.1, 0.15) is 11.6 Å². The van der Waals surface area contributed by atoms with Crippen LogP contribution in [0.15, 0.2) is 30.9 Å². The number of hydrogen-bond donors (Lipinski definition) is 1. The van der Waals surface area contributed by atoms with E-state index in [9.17, 15) is 0 Å². The monoisotopic (exact) mass is 270 g/mol. The lowest BCUT2D eigenvalue weighted by Gasteiger charge is -2.33. The van der Waals surface area contributed by atoms with Crippen molar-refractivity contribution in [3.8, 4) is 0 Å². The molecule has 1 heterocycles. The fraction of sp³-hybridized carbons (Fsp3) is 0.385. The Kier molecular flexibility index (Phi) is 4.46. The van der Waals surface area contributed by atoms with Crippen LogP contribution in [0.2, 0.25) is 10.0 Å². The number of nitrogens with zero attached hydrogens (tertiary/aromatic N) is 1. The van der Waals surface area contributed by atoms with E-state index in [1.165, 1.54) is 0 Å². The third-order valence-electron chi connectivity index (χ3n) is 3.07. The maximum atomic E-state index is 6.26. The molecule has 4 heteroatoms. The Labute approximate surface area is 112 Å². The minimum Gasteiger partial charge on any atom is -0.314 e. The van der Waals surface area contributed by atoms with Crippen molar-refractivity contribution in [2.75, 3.05) is 26.2 Å². The number of piperazine rings is 1. The van der Waals surface area contributed by atoms with Crippen molar-refractivity contribution in [1.82, 2.24) is 10.2 Å². The highest BCUT2D eigenvalue weighted by atomic mass is 35.5. The minimum atomic E-state index is 0.142. The van der Waals surface area contributed by atoms with E-state index < -0.39 is 0 Å². The van der Waals surface area contributed by atoms with E-state index in [0.29, 0.717) is 10.0 Å². The van der Waals surface area contributed by atoms with Crippen molar-refractivity contribution >= 4 is 23.2 Å². The summed E-state index contributed by atoms with van der Waals surface area (Å²) in [5.74, 6) is 0. The molecule has 1 atom stereocenters. The molecule has 2 rings (SSSR count). The lowest BCUT2D eigenvalue weighted by molar-refractivity contribution is 0.203. The topological polar surface area (TPSA) is 15.3 Å². The Balaban J connectivity index is 2.27. The Morgan fingerprint density at radius 3 is 2.65 bits per heavy atom. The molecular formula is C13H16Cl2N2. The lowest BCUT2D eigenvalue weighted by Crippen LogP contribution is -2.44. The first kappa shape index (κ1) is 12.9. The number of benzene rings is 1. The predicted octanol–water partition coefficient (Wildman–Crippen LogP) is 3.13. The van der Waals surface area contributed by atoms with Gasteiger partial charge in [0.25, 0.3) is 0 Å². The summed E-state index contributed by atoms with van der Waals surface area (Å²) in [6.45, 7) is 7.92. The summed E-state index contributed by atoms with van der Waals surface area (Å²) in [7, 11) is 0. The molecule has 1 aromatic rings. The quantitative estimate of drug-likeness (QED) is 0.850. The molecule has 0 bridgehead atoms. The predicted molar refractivity (Wildman–Crippen MR) is 73.8 cm³/mol. The lowest BCUT2D eigenvalue weighted by atomic mass is 10.0. The first-order valence-corrected chi connectivity index (χ1v) is 6.51. The van der Waals surface area contributed by atoms with Gasteiger partial charge in [0.2, 0.25) is 0 Å². The first-order valence-electron chi connectivity index (χ1n) is 5.75. The van der Waals surface area contributed by atoms with Crippen molar-refractivity contribution in [1.29, 1.82) is 0 Å². The second kappa shape index (κ2) is 5.87. The smallest absolute Gasteiger partial charge is 0.0643 e. The minimum absolute atomic E-state index is 0.142. The normalized spacial score (nSPS) is 18.9. The van der Waals surface area contributed by atoms with Gasteiger partial charge in [0.15, 0.2) is 0 Å². The van der Waals surface area contributed by atoms with E-state index in [1.54, 1.807) is 0 Å². The van der Waals surface area contributed by atoms with Crippen LogP contribution in [-0.2, 0) is 0 Å². The largest absolute Gasteiger partial charge is 0.314 e. The maximum Gasteiger partial charge on any atom is 0.0643 e. The summed E-state index contributed by atoms with van der Waals surface area (Å²) < 4.78 is 0.